The molecule has 2 heterocycles. The van der Waals surface area contributed by atoms with Gasteiger partial charge in [-0.25, -0.2) is 4.79 Å². The number of benzene rings is 1. The Kier molecular flexibility index (Phi) is 3.78. The number of nitrogens with zero attached hydrogens (tertiary/aromatic N) is 4. The van der Waals surface area contributed by atoms with Gasteiger partial charge in [-0.1, -0.05) is 43.3 Å². The predicted octanol–water partition coefficient (Wildman–Crippen LogP) is 2.79. The van der Waals surface area contributed by atoms with Gasteiger partial charge in [-0.05, 0) is 24.3 Å². The third-order valence-corrected chi connectivity index (χ3v) is 4.67. The monoisotopic (exact) mass is 340 g/mol. The van der Waals surface area contributed by atoms with Crippen LogP contribution in [-0.4, -0.2) is 44.5 Å². The fourth-order valence-electron chi connectivity index (χ4n) is 2.98. The summed E-state index contributed by atoms with van der Waals surface area (Å²) >= 11 is 0. The number of amides is 3. The second kappa shape index (κ2) is 5.98. The predicted molar refractivity (Wildman–Crippen MR) is 89.5 cm³/mol. The van der Waals surface area contributed by atoms with Crippen molar-refractivity contribution in [2.45, 2.75) is 45.2 Å². The second-order valence-electron chi connectivity index (χ2n) is 6.91. The summed E-state index contributed by atoms with van der Waals surface area (Å²) in [5, 5.41) is 3.97. The molecule has 1 aliphatic heterocycles. The summed E-state index contributed by atoms with van der Waals surface area (Å²) in [6.07, 6.45) is 1.95. The van der Waals surface area contributed by atoms with Gasteiger partial charge < -0.3 is 9.42 Å². The maximum absolute atomic E-state index is 12.3. The van der Waals surface area contributed by atoms with Gasteiger partial charge in [-0.3, -0.25) is 9.69 Å². The van der Waals surface area contributed by atoms with Gasteiger partial charge in [0.1, 0.15) is 13.1 Å². The van der Waals surface area contributed by atoms with Crippen LogP contribution in [0.5, 0.6) is 0 Å². The Morgan fingerprint density at radius 3 is 2.56 bits per heavy atom. The van der Waals surface area contributed by atoms with E-state index in [9.17, 15) is 9.59 Å². The first-order valence-corrected chi connectivity index (χ1v) is 8.57. The Bertz CT molecular complexity index is 808. The van der Waals surface area contributed by atoms with Gasteiger partial charge in [0.05, 0.1) is 0 Å². The third-order valence-electron chi connectivity index (χ3n) is 4.67. The molecule has 1 saturated heterocycles. The molecule has 1 aliphatic carbocycles. The van der Waals surface area contributed by atoms with E-state index in [4.69, 9.17) is 4.52 Å². The van der Waals surface area contributed by atoms with Crippen molar-refractivity contribution in [2.75, 3.05) is 6.54 Å². The molecule has 1 aromatic carbocycles. The summed E-state index contributed by atoms with van der Waals surface area (Å²) in [7, 11) is 0. The van der Waals surface area contributed by atoms with Crippen molar-refractivity contribution in [1.29, 1.82) is 0 Å². The standard InChI is InChI=1S/C18H20N4O3/c1-11(2)12-3-5-13(6-4-12)17-19-15(25-20-17)9-22-16(23)10-21(18(22)24)14-7-8-14/h3-6,11,14H,7-10H2,1-2H3. The van der Waals surface area contributed by atoms with Gasteiger partial charge in [-0.15, -0.1) is 0 Å². The van der Waals surface area contributed by atoms with E-state index < -0.39 is 0 Å². The molecular weight excluding hydrogens is 320 g/mol. The topological polar surface area (TPSA) is 79.5 Å². The number of carbonyl (C=O) groups is 2. The molecule has 7 heteroatoms. The lowest BCUT2D eigenvalue weighted by atomic mass is 10.0. The van der Waals surface area contributed by atoms with E-state index in [-0.39, 0.29) is 37.0 Å². The van der Waals surface area contributed by atoms with E-state index in [2.05, 4.69) is 24.0 Å². The molecule has 0 unspecified atom stereocenters. The molecular formula is C18H20N4O3. The van der Waals surface area contributed by atoms with Crippen LogP contribution >= 0.6 is 0 Å². The number of hydrogen-bond acceptors (Lipinski definition) is 5. The van der Waals surface area contributed by atoms with Crippen molar-refractivity contribution in [3.8, 4) is 11.4 Å². The lowest BCUT2D eigenvalue weighted by molar-refractivity contribution is -0.126. The molecule has 2 fully saturated rings. The highest BCUT2D eigenvalue weighted by molar-refractivity contribution is 6.02. The molecule has 1 aromatic heterocycles. The Morgan fingerprint density at radius 2 is 1.92 bits per heavy atom. The molecule has 130 valence electrons. The number of urea groups is 1. The average Bonchev–Trinajstić information content (AvgIpc) is 3.27. The number of rotatable bonds is 5. The summed E-state index contributed by atoms with van der Waals surface area (Å²) in [5.74, 6) is 0.972. The van der Waals surface area contributed by atoms with Crippen LogP contribution in [0.2, 0.25) is 0 Å². The minimum Gasteiger partial charge on any atom is -0.337 e. The van der Waals surface area contributed by atoms with Crippen LogP contribution in [0.3, 0.4) is 0 Å². The van der Waals surface area contributed by atoms with Gasteiger partial charge >= 0.3 is 6.03 Å². The van der Waals surface area contributed by atoms with Crippen molar-refractivity contribution in [3.05, 3.63) is 35.7 Å². The normalized spacial score (nSPS) is 17.9. The van der Waals surface area contributed by atoms with Gasteiger partial charge in [0.25, 0.3) is 5.91 Å². The second-order valence-corrected chi connectivity index (χ2v) is 6.91. The molecule has 0 radical (unpaired) electrons. The summed E-state index contributed by atoms with van der Waals surface area (Å²) in [5.41, 5.74) is 2.08. The number of hydrogen-bond donors (Lipinski definition) is 0. The van der Waals surface area contributed by atoms with Gasteiger partial charge in [0, 0.05) is 11.6 Å². The fraction of sp³-hybridized carbons (Fsp3) is 0.444. The highest BCUT2D eigenvalue weighted by atomic mass is 16.5. The minimum atomic E-state index is -0.256. The molecule has 25 heavy (non-hydrogen) atoms. The van der Waals surface area contributed by atoms with Crippen molar-refractivity contribution >= 4 is 11.9 Å². The van der Waals surface area contributed by atoms with Crippen LogP contribution in [0.25, 0.3) is 11.4 Å². The summed E-state index contributed by atoms with van der Waals surface area (Å²) in [6, 6.07) is 7.94. The Balaban J connectivity index is 1.48. The van der Waals surface area contributed by atoms with E-state index in [0.29, 0.717) is 11.7 Å². The number of carbonyl (C=O) groups excluding carboxylic acids is 2. The zero-order chi connectivity index (χ0) is 17.6. The third kappa shape index (κ3) is 3.01. The van der Waals surface area contributed by atoms with Gasteiger partial charge in [0.15, 0.2) is 0 Å². The first-order valence-electron chi connectivity index (χ1n) is 8.57. The van der Waals surface area contributed by atoms with Crippen molar-refractivity contribution in [1.82, 2.24) is 19.9 Å². The molecule has 7 nitrogen and oxygen atoms in total. The first kappa shape index (κ1) is 15.8. The Morgan fingerprint density at radius 1 is 1.20 bits per heavy atom. The largest absolute Gasteiger partial charge is 0.337 e. The van der Waals surface area contributed by atoms with Crippen molar-refractivity contribution in [3.63, 3.8) is 0 Å². The molecule has 3 amide bonds. The SMILES string of the molecule is CC(C)c1ccc(-c2noc(CN3C(=O)CN(C4CC4)C3=O)n2)cc1. The zero-order valence-electron chi connectivity index (χ0n) is 14.3. The van der Waals surface area contributed by atoms with Crippen LogP contribution in [0.1, 0.15) is 44.1 Å². The molecule has 0 N–H and O–H groups in total. The maximum Gasteiger partial charge on any atom is 0.327 e. The number of imide groups is 1. The van der Waals surface area contributed by atoms with Crippen molar-refractivity contribution in [2.24, 2.45) is 0 Å². The highest BCUT2D eigenvalue weighted by Crippen LogP contribution is 2.31. The average molecular weight is 340 g/mol. The fourth-order valence-corrected chi connectivity index (χ4v) is 2.98. The minimum absolute atomic E-state index is 0.0258. The molecule has 0 spiro atoms. The quantitative estimate of drug-likeness (QED) is 0.782. The molecule has 1 saturated carbocycles. The van der Waals surface area contributed by atoms with Gasteiger partial charge in [-0.2, -0.15) is 4.98 Å². The van der Waals surface area contributed by atoms with E-state index in [1.807, 2.05) is 24.3 Å². The van der Waals surface area contributed by atoms with Crippen LogP contribution in [0.4, 0.5) is 4.79 Å². The molecule has 2 aliphatic rings. The van der Waals surface area contributed by atoms with Crippen molar-refractivity contribution < 1.29 is 14.1 Å². The van der Waals surface area contributed by atoms with Crippen LogP contribution in [-0.2, 0) is 11.3 Å². The summed E-state index contributed by atoms with van der Waals surface area (Å²) in [4.78, 5) is 31.6. The van der Waals surface area contributed by atoms with Crippen LogP contribution in [0.15, 0.2) is 28.8 Å². The Labute approximate surface area is 145 Å². The molecule has 2 aromatic rings. The van der Waals surface area contributed by atoms with Gasteiger partial charge in [0.2, 0.25) is 11.7 Å². The molecule has 4 rings (SSSR count). The highest BCUT2D eigenvalue weighted by Gasteiger charge is 2.44. The zero-order valence-corrected chi connectivity index (χ0v) is 14.3. The van der Waals surface area contributed by atoms with E-state index in [0.717, 1.165) is 18.4 Å². The van der Waals surface area contributed by atoms with E-state index in [1.165, 1.54) is 10.5 Å². The van der Waals surface area contributed by atoms with E-state index >= 15 is 0 Å². The smallest absolute Gasteiger partial charge is 0.327 e. The number of aromatic nitrogens is 2. The molecule has 0 bridgehead atoms. The first-order chi connectivity index (χ1) is 12.0. The van der Waals surface area contributed by atoms with E-state index in [1.54, 1.807) is 4.90 Å². The Hall–Kier alpha value is -2.70. The maximum atomic E-state index is 12.3. The summed E-state index contributed by atoms with van der Waals surface area (Å²) < 4.78 is 5.24. The molecule has 0 atom stereocenters. The van der Waals surface area contributed by atoms with Crippen LogP contribution in [0, 0.1) is 0 Å². The lowest BCUT2D eigenvalue weighted by Gasteiger charge is -2.14. The summed E-state index contributed by atoms with van der Waals surface area (Å²) in [6.45, 7) is 4.45. The van der Waals surface area contributed by atoms with Crippen LogP contribution < -0.4 is 0 Å². The lowest BCUT2D eigenvalue weighted by Crippen LogP contribution is -2.33.